The lowest BCUT2D eigenvalue weighted by atomic mass is 9.68. The maximum atomic E-state index is 12.4. The monoisotopic (exact) mass is 360 g/mol. The Morgan fingerprint density at radius 2 is 1.92 bits per heavy atom. The fraction of sp³-hybridized carbons (Fsp3) is 0.500. The third-order valence-corrected chi connectivity index (χ3v) is 6.52. The van der Waals surface area contributed by atoms with Gasteiger partial charge in [0.05, 0.1) is 7.11 Å². The summed E-state index contributed by atoms with van der Waals surface area (Å²) < 4.78 is 4.98. The molecule has 1 aliphatic heterocycles. The fourth-order valence-corrected chi connectivity index (χ4v) is 5.66. The Labute approximate surface area is 152 Å². The second kappa shape index (κ2) is 6.61. The van der Waals surface area contributed by atoms with Gasteiger partial charge in [-0.25, -0.2) is 0 Å². The molecular weight excluding hydrogens is 336 g/mol. The normalized spacial score (nSPS) is 31.5. The van der Waals surface area contributed by atoms with Crippen LogP contribution in [-0.4, -0.2) is 35.0 Å². The van der Waals surface area contributed by atoms with E-state index in [0.29, 0.717) is 18.6 Å². The number of thioether (sulfide) groups is 1. The van der Waals surface area contributed by atoms with Crippen molar-refractivity contribution in [3.63, 3.8) is 0 Å². The first kappa shape index (κ1) is 18.2. The van der Waals surface area contributed by atoms with Crippen molar-refractivity contribution in [1.82, 2.24) is 0 Å². The summed E-state index contributed by atoms with van der Waals surface area (Å²) in [7, 11) is 1.37. The molecule has 0 amide bonds. The zero-order valence-electron chi connectivity index (χ0n) is 14.8. The minimum atomic E-state index is -1.19. The average molecular weight is 360 g/mol. The first-order valence-corrected chi connectivity index (χ1v) is 9.52. The molecule has 0 spiro atoms. The van der Waals surface area contributed by atoms with Gasteiger partial charge in [0.15, 0.2) is 5.78 Å². The highest BCUT2D eigenvalue weighted by Crippen LogP contribution is 2.53. The van der Waals surface area contributed by atoms with Crippen molar-refractivity contribution >= 4 is 23.5 Å². The number of esters is 1. The van der Waals surface area contributed by atoms with Crippen LogP contribution in [0, 0.1) is 11.3 Å². The van der Waals surface area contributed by atoms with Crippen LogP contribution >= 0.6 is 11.8 Å². The minimum Gasteiger partial charge on any atom is -0.468 e. The van der Waals surface area contributed by atoms with Gasteiger partial charge in [-0.05, 0) is 23.5 Å². The van der Waals surface area contributed by atoms with Crippen LogP contribution < -0.4 is 0 Å². The van der Waals surface area contributed by atoms with Crippen molar-refractivity contribution in [1.29, 1.82) is 0 Å². The number of hydrogen-bond donors (Lipinski definition) is 1. The van der Waals surface area contributed by atoms with E-state index in [1.807, 2.05) is 30.3 Å². The smallest absolute Gasteiger partial charge is 0.319 e. The lowest BCUT2D eigenvalue weighted by Crippen LogP contribution is -2.42. The summed E-state index contributed by atoms with van der Waals surface area (Å²) >= 11 is 1.40. The number of allylic oxidation sites excluding steroid dienone is 1. The summed E-state index contributed by atoms with van der Waals surface area (Å²) in [4.78, 5) is 24.6. The molecule has 0 unspecified atom stereocenters. The average Bonchev–Trinajstić information content (AvgIpc) is 2.92. The van der Waals surface area contributed by atoms with Crippen molar-refractivity contribution in [3.8, 4) is 0 Å². The molecule has 3 rings (SSSR count). The quantitative estimate of drug-likeness (QED) is 0.839. The summed E-state index contributed by atoms with van der Waals surface area (Å²) in [6.45, 7) is 4.10. The van der Waals surface area contributed by atoms with E-state index >= 15 is 0 Å². The van der Waals surface area contributed by atoms with Crippen molar-refractivity contribution < 1.29 is 19.4 Å². The molecule has 0 radical (unpaired) electrons. The molecule has 1 aromatic carbocycles. The number of carbonyl (C=O) groups excluding carboxylic acids is 2. The zero-order valence-corrected chi connectivity index (χ0v) is 15.6. The third kappa shape index (κ3) is 3.40. The van der Waals surface area contributed by atoms with Crippen molar-refractivity contribution in [2.45, 2.75) is 37.5 Å². The SMILES string of the molecule is COC(=O)[C@H]1SC[C@@](O)(c2ccccc2)[C@@H]1C1=CC(=O)CC(C)(C)C1. The van der Waals surface area contributed by atoms with Gasteiger partial charge in [0.2, 0.25) is 0 Å². The maximum absolute atomic E-state index is 12.4. The van der Waals surface area contributed by atoms with Crippen LogP contribution in [0.15, 0.2) is 42.0 Å². The molecule has 25 heavy (non-hydrogen) atoms. The van der Waals surface area contributed by atoms with Crippen LogP contribution in [0.4, 0.5) is 0 Å². The maximum Gasteiger partial charge on any atom is 0.319 e. The van der Waals surface area contributed by atoms with Crippen LogP contribution in [0.2, 0.25) is 0 Å². The van der Waals surface area contributed by atoms with E-state index in [0.717, 1.165) is 11.1 Å². The second-order valence-corrected chi connectivity index (χ2v) is 8.86. The van der Waals surface area contributed by atoms with Gasteiger partial charge in [0.1, 0.15) is 10.9 Å². The van der Waals surface area contributed by atoms with Gasteiger partial charge in [0, 0.05) is 18.1 Å². The van der Waals surface area contributed by atoms with Crippen LogP contribution in [0.3, 0.4) is 0 Å². The predicted octanol–water partition coefficient (Wildman–Crippen LogP) is 3.09. The van der Waals surface area contributed by atoms with Gasteiger partial charge in [-0.1, -0.05) is 49.8 Å². The molecule has 0 bridgehead atoms. The molecule has 1 N–H and O–H groups in total. The van der Waals surface area contributed by atoms with E-state index in [1.165, 1.54) is 18.9 Å². The molecule has 134 valence electrons. The Morgan fingerprint density at radius 3 is 2.52 bits per heavy atom. The summed E-state index contributed by atoms with van der Waals surface area (Å²) in [5.41, 5.74) is 0.264. The largest absolute Gasteiger partial charge is 0.468 e. The van der Waals surface area contributed by atoms with E-state index < -0.39 is 16.8 Å². The van der Waals surface area contributed by atoms with Crippen molar-refractivity contribution in [2.75, 3.05) is 12.9 Å². The molecule has 1 saturated heterocycles. The van der Waals surface area contributed by atoms with Gasteiger partial charge in [-0.2, -0.15) is 0 Å². The summed E-state index contributed by atoms with van der Waals surface area (Å²) in [6.07, 6.45) is 2.82. The number of benzene rings is 1. The molecule has 1 aliphatic carbocycles. The number of rotatable bonds is 3. The number of methoxy groups -OCH3 is 1. The highest BCUT2D eigenvalue weighted by Gasteiger charge is 2.54. The standard InChI is InChI=1S/C20H24O4S/c1-19(2)10-13(9-15(21)11-19)16-17(18(22)24-3)25-12-20(16,23)14-7-5-4-6-8-14/h4-9,16-17,23H,10-12H2,1-3H3/t16-,17+,20-/m1/s1. The van der Waals surface area contributed by atoms with E-state index in [-0.39, 0.29) is 17.2 Å². The van der Waals surface area contributed by atoms with E-state index in [1.54, 1.807) is 6.08 Å². The number of hydrogen-bond acceptors (Lipinski definition) is 5. The third-order valence-electron chi connectivity index (χ3n) is 5.09. The molecule has 1 aromatic rings. The molecule has 4 nitrogen and oxygen atoms in total. The molecule has 2 aliphatic rings. The highest BCUT2D eigenvalue weighted by atomic mass is 32.2. The van der Waals surface area contributed by atoms with Crippen molar-refractivity contribution in [3.05, 3.63) is 47.5 Å². The molecule has 3 atom stereocenters. The lowest BCUT2D eigenvalue weighted by molar-refractivity contribution is -0.142. The summed E-state index contributed by atoms with van der Waals surface area (Å²) in [6, 6.07) is 9.41. The molecule has 5 heteroatoms. The van der Waals surface area contributed by atoms with Gasteiger partial charge >= 0.3 is 5.97 Å². The van der Waals surface area contributed by atoms with E-state index in [2.05, 4.69) is 13.8 Å². The Morgan fingerprint density at radius 1 is 1.24 bits per heavy atom. The number of aliphatic hydroxyl groups is 1. The fourth-order valence-electron chi connectivity index (χ4n) is 4.06. The van der Waals surface area contributed by atoms with E-state index in [9.17, 15) is 14.7 Å². The molecule has 1 fully saturated rings. The number of carbonyl (C=O) groups is 2. The first-order valence-electron chi connectivity index (χ1n) is 8.47. The highest BCUT2D eigenvalue weighted by molar-refractivity contribution is 8.01. The van der Waals surface area contributed by atoms with Gasteiger partial charge in [-0.15, -0.1) is 11.8 Å². The zero-order chi connectivity index (χ0) is 18.2. The Bertz CT molecular complexity index is 710. The molecular formula is C20H24O4S. The lowest BCUT2D eigenvalue weighted by Gasteiger charge is -2.38. The summed E-state index contributed by atoms with van der Waals surface area (Å²) in [5, 5.41) is 11.1. The Balaban J connectivity index is 2.08. The number of ketones is 1. The first-order chi connectivity index (χ1) is 11.8. The van der Waals surface area contributed by atoms with Crippen LogP contribution in [-0.2, 0) is 19.9 Å². The number of ether oxygens (including phenoxy) is 1. The van der Waals surface area contributed by atoms with E-state index in [4.69, 9.17) is 4.74 Å². The van der Waals surface area contributed by atoms with Crippen LogP contribution in [0.5, 0.6) is 0 Å². The van der Waals surface area contributed by atoms with Crippen LogP contribution in [0.25, 0.3) is 0 Å². The van der Waals surface area contributed by atoms with Gasteiger partial charge < -0.3 is 9.84 Å². The summed E-state index contributed by atoms with van der Waals surface area (Å²) in [5.74, 6) is -0.357. The molecule has 0 saturated carbocycles. The Hall–Kier alpha value is -1.59. The van der Waals surface area contributed by atoms with Gasteiger partial charge in [-0.3, -0.25) is 9.59 Å². The predicted molar refractivity (Wildman–Crippen MR) is 98.2 cm³/mol. The minimum absolute atomic E-state index is 0.0576. The second-order valence-electron chi connectivity index (χ2n) is 7.73. The molecule has 1 heterocycles. The van der Waals surface area contributed by atoms with Crippen molar-refractivity contribution in [2.24, 2.45) is 11.3 Å². The molecule has 0 aromatic heterocycles. The van der Waals surface area contributed by atoms with Crippen LogP contribution in [0.1, 0.15) is 32.3 Å². The topological polar surface area (TPSA) is 63.6 Å². The van der Waals surface area contributed by atoms with Gasteiger partial charge in [0.25, 0.3) is 0 Å². The Kier molecular flexibility index (Phi) is 4.82.